The Balaban J connectivity index is 2.06. The Kier molecular flexibility index (Phi) is 3.58. The molecule has 0 aliphatic carbocycles. The predicted molar refractivity (Wildman–Crippen MR) is 101 cm³/mol. The van der Waals surface area contributed by atoms with Gasteiger partial charge in [-0.15, -0.1) is 0 Å². The maximum absolute atomic E-state index is 6.36. The summed E-state index contributed by atoms with van der Waals surface area (Å²) in [7, 11) is 0. The van der Waals surface area contributed by atoms with Gasteiger partial charge in [0.1, 0.15) is 11.4 Å². The molecule has 0 unspecified atom stereocenters. The first-order valence-corrected chi connectivity index (χ1v) is 8.08. The number of hydrogen-bond acceptors (Lipinski definition) is 5. The molecular weight excluding hydrogens is 336 g/mol. The minimum atomic E-state index is 0.170. The minimum Gasteiger partial charge on any atom is -0.436 e. The molecule has 0 bridgehead atoms. The quantitative estimate of drug-likeness (QED) is 0.547. The zero-order valence-corrected chi connectivity index (χ0v) is 14.2. The maximum Gasteiger partial charge on any atom is 0.215 e. The number of nitrogen functional groups attached to an aromatic ring is 2. The summed E-state index contributed by atoms with van der Waals surface area (Å²) in [6, 6.07) is 11.3. The van der Waals surface area contributed by atoms with Crippen molar-refractivity contribution in [2.75, 3.05) is 11.5 Å². The highest BCUT2D eigenvalue weighted by Crippen LogP contribution is 2.43. The highest BCUT2D eigenvalue weighted by molar-refractivity contribution is 6.34. The van der Waals surface area contributed by atoms with Crippen molar-refractivity contribution < 1.29 is 4.42 Å². The van der Waals surface area contributed by atoms with Crippen LogP contribution in [0.4, 0.5) is 11.6 Å². The number of nitrogens with zero attached hydrogens (tertiary/aromatic N) is 2. The molecule has 6 heteroatoms. The molecule has 0 atom stereocenters. The Bertz CT molecular complexity index is 1100. The molecule has 0 spiro atoms. The van der Waals surface area contributed by atoms with Gasteiger partial charge in [0.2, 0.25) is 5.88 Å². The molecule has 124 valence electrons. The van der Waals surface area contributed by atoms with Crippen LogP contribution in [-0.2, 0) is 0 Å². The zero-order valence-electron chi connectivity index (χ0n) is 13.5. The fourth-order valence-corrected chi connectivity index (χ4v) is 3.17. The summed E-state index contributed by atoms with van der Waals surface area (Å²) in [4.78, 5) is 8.82. The molecule has 0 saturated heterocycles. The molecule has 3 aromatic heterocycles. The fourth-order valence-electron chi connectivity index (χ4n) is 2.93. The number of furan rings is 1. The molecule has 5 nitrogen and oxygen atoms in total. The summed E-state index contributed by atoms with van der Waals surface area (Å²) in [6.07, 6.45) is 3.48. The van der Waals surface area contributed by atoms with E-state index in [1.165, 1.54) is 0 Å². The second kappa shape index (κ2) is 5.79. The second-order valence-electron chi connectivity index (χ2n) is 5.77. The summed E-state index contributed by atoms with van der Waals surface area (Å²) in [5.41, 5.74) is 17.1. The average molecular weight is 351 g/mol. The summed E-state index contributed by atoms with van der Waals surface area (Å²) in [5, 5.41) is 1.32. The van der Waals surface area contributed by atoms with E-state index in [2.05, 4.69) is 9.97 Å². The number of pyridine rings is 2. The van der Waals surface area contributed by atoms with E-state index in [1.54, 1.807) is 12.4 Å². The Labute approximate surface area is 149 Å². The minimum absolute atomic E-state index is 0.170. The van der Waals surface area contributed by atoms with E-state index in [0.717, 1.165) is 22.4 Å². The molecule has 0 aliphatic rings. The highest BCUT2D eigenvalue weighted by Gasteiger charge is 2.20. The van der Waals surface area contributed by atoms with Crippen molar-refractivity contribution in [2.24, 2.45) is 0 Å². The van der Waals surface area contributed by atoms with Gasteiger partial charge in [0.05, 0.1) is 5.39 Å². The Morgan fingerprint density at radius 1 is 1.04 bits per heavy atom. The number of aryl methyl sites for hydroxylation is 1. The van der Waals surface area contributed by atoms with Crippen molar-refractivity contribution in [3.63, 3.8) is 0 Å². The van der Waals surface area contributed by atoms with Gasteiger partial charge in [-0.3, -0.25) is 9.97 Å². The number of aromatic nitrogens is 2. The Hall–Kier alpha value is -3.05. The van der Waals surface area contributed by atoms with Gasteiger partial charge in [-0.05, 0) is 25.1 Å². The third-order valence-corrected chi connectivity index (χ3v) is 4.44. The van der Waals surface area contributed by atoms with Gasteiger partial charge in [-0.1, -0.05) is 29.8 Å². The van der Waals surface area contributed by atoms with E-state index < -0.39 is 0 Å². The van der Waals surface area contributed by atoms with Crippen LogP contribution in [0.25, 0.3) is 33.4 Å². The fraction of sp³-hybridized carbons (Fsp3) is 0.0526. The van der Waals surface area contributed by atoms with Crippen LogP contribution in [0.1, 0.15) is 5.69 Å². The first-order chi connectivity index (χ1) is 12.1. The van der Waals surface area contributed by atoms with Crippen molar-refractivity contribution in [1.82, 2.24) is 9.97 Å². The lowest BCUT2D eigenvalue weighted by Gasteiger charge is -2.09. The van der Waals surface area contributed by atoms with Gasteiger partial charge in [-0.2, -0.15) is 0 Å². The van der Waals surface area contributed by atoms with Crippen LogP contribution in [0.2, 0.25) is 5.02 Å². The van der Waals surface area contributed by atoms with Crippen molar-refractivity contribution >= 4 is 34.1 Å². The number of fused-ring (bicyclic) bond motifs is 1. The lowest BCUT2D eigenvalue weighted by molar-refractivity contribution is 0.638. The standard InChI is InChI=1S/C19H15ClN4O/c1-10-8-11(6-7-23-10)17-18-15(16(21)19(22)25-18)13(9-24-17)12-4-2-3-5-14(12)20/h2-9H,21-22H2,1H3. The van der Waals surface area contributed by atoms with Gasteiger partial charge in [0.25, 0.3) is 0 Å². The van der Waals surface area contributed by atoms with Crippen molar-refractivity contribution in [3.8, 4) is 22.4 Å². The van der Waals surface area contributed by atoms with Crippen LogP contribution < -0.4 is 11.5 Å². The van der Waals surface area contributed by atoms with E-state index in [0.29, 0.717) is 27.4 Å². The van der Waals surface area contributed by atoms with Crippen molar-refractivity contribution in [1.29, 1.82) is 0 Å². The van der Waals surface area contributed by atoms with Gasteiger partial charge >= 0.3 is 0 Å². The normalized spacial score (nSPS) is 11.1. The number of benzene rings is 1. The van der Waals surface area contributed by atoms with E-state index in [-0.39, 0.29) is 5.88 Å². The van der Waals surface area contributed by atoms with Crippen LogP contribution in [0.5, 0.6) is 0 Å². The molecule has 25 heavy (non-hydrogen) atoms. The van der Waals surface area contributed by atoms with Crippen LogP contribution >= 0.6 is 11.6 Å². The predicted octanol–water partition coefficient (Wildman–Crippen LogP) is 4.68. The van der Waals surface area contributed by atoms with Crippen LogP contribution in [0, 0.1) is 6.92 Å². The molecule has 4 N–H and O–H groups in total. The molecule has 0 amide bonds. The molecule has 1 aromatic carbocycles. The SMILES string of the molecule is Cc1cc(-c2ncc(-c3ccccc3Cl)c3c(N)c(N)oc23)ccn1. The van der Waals surface area contributed by atoms with E-state index in [1.807, 2.05) is 43.3 Å². The summed E-state index contributed by atoms with van der Waals surface area (Å²) >= 11 is 6.36. The Morgan fingerprint density at radius 3 is 2.60 bits per heavy atom. The summed E-state index contributed by atoms with van der Waals surface area (Å²) in [6.45, 7) is 1.92. The molecule has 0 aliphatic heterocycles. The van der Waals surface area contributed by atoms with E-state index in [9.17, 15) is 0 Å². The van der Waals surface area contributed by atoms with Crippen LogP contribution in [0.3, 0.4) is 0 Å². The molecule has 0 saturated carbocycles. The largest absolute Gasteiger partial charge is 0.436 e. The maximum atomic E-state index is 6.36. The van der Waals surface area contributed by atoms with Gasteiger partial charge < -0.3 is 15.9 Å². The summed E-state index contributed by atoms with van der Waals surface area (Å²) < 4.78 is 5.75. The highest BCUT2D eigenvalue weighted by atomic mass is 35.5. The summed E-state index contributed by atoms with van der Waals surface area (Å²) in [5.74, 6) is 0.170. The molecule has 4 aromatic rings. The van der Waals surface area contributed by atoms with E-state index >= 15 is 0 Å². The lowest BCUT2D eigenvalue weighted by Crippen LogP contribution is -1.93. The number of rotatable bonds is 2. The molecule has 3 heterocycles. The molecular formula is C19H15ClN4O. The molecule has 0 fully saturated rings. The first-order valence-electron chi connectivity index (χ1n) is 7.70. The number of anilines is 2. The number of hydrogen-bond donors (Lipinski definition) is 2. The number of nitrogens with two attached hydrogens (primary N) is 2. The van der Waals surface area contributed by atoms with Gasteiger partial charge in [-0.25, -0.2) is 0 Å². The second-order valence-corrected chi connectivity index (χ2v) is 6.18. The third-order valence-electron chi connectivity index (χ3n) is 4.12. The topological polar surface area (TPSA) is 91.0 Å². The van der Waals surface area contributed by atoms with E-state index in [4.69, 9.17) is 27.5 Å². The smallest absolute Gasteiger partial charge is 0.215 e. The number of halogens is 1. The molecule has 4 rings (SSSR count). The third kappa shape index (κ3) is 2.49. The van der Waals surface area contributed by atoms with Crippen molar-refractivity contribution in [2.45, 2.75) is 6.92 Å². The lowest BCUT2D eigenvalue weighted by atomic mass is 10.0. The zero-order chi connectivity index (χ0) is 17.6. The van der Waals surface area contributed by atoms with Gasteiger partial charge in [0.15, 0.2) is 5.58 Å². The Morgan fingerprint density at radius 2 is 1.84 bits per heavy atom. The van der Waals surface area contributed by atoms with Crippen molar-refractivity contribution in [3.05, 3.63) is 59.5 Å². The first kappa shape index (κ1) is 15.5. The van der Waals surface area contributed by atoms with Gasteiger partial charge in [0, 0.05) is 39.8 Å². The monoisotopic (exact) mass is 350 g/mol. The average Bonchev–Trinajstić information content (AvgIpc) is 2.90. The van der Waals surface area contributed by atoms with Crippen LogP contribution in [0.15, 0.2) is 53.2 Å². The van der Waals surface area contributed by atoms with Crippen LogP contribution in [-0.4, -0.2) is 9.97 Å². The molecule has 0 radical (unpaired) electrons.